The highest BCUT2D eigenvalue weighted by atomic mass is 35.5. The van der Waals surface area contributed by atoms with Crippen LogP contribution >= 0.6 is 11.6 Å². The van der Waals surface area contributed by atoms with Gasteiger partial charge >= 0.3 is 6.09 Å². The molecule has 0 fully saturated rings. The molecule has 2 rings (SSSR count). The van der Waals surface area contributed by atoms with Gasteiger partial charge in [0.05, 0.1) is 16.6 Å². The van der Waals surface area contributed by atoms with E-state index in [-0.39, 0.29) is 16.1 Å². The summed E-state index contributed by atoms with van der Waals surface area (Å²) in [6, 6.07) is 10.7. The van der Waals surface area contributed by atoms with Gasteiger partial charge in [-0.3, -0.25) is 4.79 Å². The third kappa shape index (κ3) is 5.55. The van der Waals surface area contributed by atoms with Crippen LogP contribution in [-0.2, 0) is 4.74 Å². The number of benzene rings is 2. The molecule has 0 aliphatic heterocycles. The van der Waals surface area contributed by atoms with Gasteiger partial charge in [-0.05, 0) is 33.3 Å². The minimum Gasteiger partial charge on any atom is -0.444 e. The van der Waals surface area contributed by atoms with Crippen LogP contribution in [-0.4, -0.2) is 17.5 Å². The van der Waals surface area contributed by atoms with Crippen LogP contribution in [0.1, 0.15) is 68.1 Å². The van der Waals surface area contributed by atoms with Crippen LogP contribution in [0.25, 0.3) is 0 Å². The van der Waals surface area contributed by atoms with E-state index in [2.05, 4.69) is 5.32 Å². The molecule has 0 radical (unpaired) electrons. The van der Waals surface area contributed by atoms with Crippen LogP contribution in [0.4, 0.5) is 9.18 Å². The third-order valence-electron chi connectivity index (χ3n) is 4.03. The van der Waals surface area contributed by atoms with Crippen molar-refractivity contribution in [2.45, 2.75) is 52.2 Å². The third-order valence-corrected chi connectivity index (χ3v) is 4.34. The molecule has 28 heavy (non-hydrogen) atoms. The minimum atomic E-state index is -0.726. The number of rotatable bonds is 6. The number of ketones is 1. The predicted molar refractivity (Wildman–Crippen MR) is 108 cm³/mol. The van der Waals surface area contributed by atoms with Gasteiger partial charge in [0.25, 0.3) is 0 Å². The molecule has 0 unspecified atom stereocenters. The lowest BCUT2D eigenvalue weighted by Gasteiger charge is -2.24. The second-order valence-corrected chi connectivity index (χ2v) is 7.92. The van der Waals surface area contributed by atoms with Crippen molar-refractivity contribution in [1.82, 2.24) is 5.32 Å². The van der Waals surface area contributed by atoms with Crippen molar-refractivity contribution < 1.29 is 18.7 Å². The maximum absolute atomic E-state index is 15.3. The average Bonchev–Trinajstić information content (AvgIpc) is 2.60. The normalized spacial score (nSPS) is 12.4. The van der Waals surface area contributed by atoms with E-state index in [1.54, 1.807) is 51.1 Å². The second-order valence-electron chi connectivity index (χ2n) is 7.51. The molecule has 4 nitrogen and oxygen atoms in total. The van der Waals surface area contributed by atoms with Gasteiger partial charge in [0.2, 0.25) is 0 Å². The van der Waals surface area contributed by atoms with E-state index in [9.17, 15) is 9.59 Å². The summed E-state index contributed by atoms with van der Waals surface area (Å²) in [5, 5.41) is 2.73. The Bertz CT molecular complexity index is 847. The Kier molecular flexibility index (Phi) is 7.19. The van der Waals surface area contributed by atoms with Gasteiger partial charge in [-0.2, -0.15) is 0 Å². The number of carbonyl (C=O) groups excluding carboxylic acids is 2. The summed E-state index contributed by atoms with van der Waals surface area (Å²) in [5.41, 5.74) is -0.324. The quantitative estimate of drug-likeness (QED) is 0.593. The molecule has 1 N–H and O–H groups in total. The monoisotopic (exact) mass is 405 g/mol. The zero-order valence-electron chi connectivity index (χ0n) is 16.5. The summed E-state index contributed by atoms with van der Waals surface area (Å²) in [6.45, 7) is 7.18. The Morgan fingerprint density at radius 3 is 2.36 bits per heavy atom. The van der Waals surface area contributed by atoms with Crippen molar-refractivity contribution in [3.8, 4) is 0 Å². The fourth-order valence-electron chi connectivity index (χ4n) is 2.82. The largest absolute Gasteiger partial charge is 0.444 e. The Morgan fingerprint density at radius 2 is 1.79 bits per heavy atom. The number of amides is 1. The van der Waals surface area contributed by atoms with Crippen LogP contribution in [0.3, 0.4) is 0 Å². The highest BCUT2D eigenvalue weighted by Gasteiger charge is 2.26. The average molecular weight is 406 g/mol. The SMILES string of the molecule is CCC[C@@H](NC(=O)OC(C)(C)C)c1ccc(Cl)c(C(=O)c2ccccc2)c1F. The maximum Gasteiger partial charge on any atom is 0.408 e. The lowest BCUT2D eigenvalue weighted by Crippen LogP contribution is -2.35. The van der Waals surface area contributed by atoms with E-state index in [1.165, 1.54) is 12.1 Å². The van der Waals surface area contributed by atoms with Crippen LogP contribution in [0.15, 0.2) is 42.5 Å². The second kappa shape index (κ2) is 9.20. The lowest BCUT2D eigenvalue weighted by molar-refractivity contribution is 0.0500. The maximum atomic E-state index is 15.3. The fraction of sp³-hybridized carbons (Fsp3) is 0.364. The molecule has 0 saturated carbocycles. The first-order valence-electron chi connectivity index (χ1n) is 9.21. The van der Waals surface area contributed by atoms with E-state index >= 15 is 4.39 Å². The molecular formula is C22H25ClFNO3. The molecule has 6 heteroatoms. The molecule has 2 aromatic carbocycles. The Morgan fingerprint density at radius 1 is 1.14 bits per heavy atom. The predicted octanol–water partition coefficient (Wildman–Crippen LogP) is 6.08. The molecule has 0 aromatic heterocycles. The summed E-state index contributed by atoms with van der Waals surface area (Å²) in [6.07, 6.45) is 0.539. The van der Waals surface area contributed by atoms with E-state index in [0.717, 1.165) is 0 Å². The number of hydrogen-bond donors (Lipinski definition) is 1. The highest BCUT2D eigenvalue weighted by molar-refractivity contribution is 6.35. The molecular weight excluding hydrogens is 381 g/mol. The van der Waals surface area contributed by atoms with Crippen LogP contribution < -0.4 is 5.32 Å². The zero-order valence-corrected chi connectivity index (χ0v) is 17.3. The number of carbonyl (C=O) groups is 2. The standard InChI is InChI=1S/C22H25ClFNO3/c1-5-9-17(25-21(27)28-22(2,3)4)15-12-13-16(23)18(19(15)24)20(26)14-10-7-6-8-11-14/h6-8,10-13,17H,5,9H2,1-4H3,(H,25,27)/t17-/m1/s1. The molecule has 2 aromatic rings. The Labute approximate surface area is 170 Å². The summed E-state index contributed by atoms with van der Waals surface area (Å²) < 4.78 is 20.6. The molecule has 0 spiro atoms. The molecule has 1 atom stereocenters. The molecule has 0 bridgehead atoms. The highest BCUT2D eigenvalue weighted by Crippen LogP contribution is 2.30. The molecule has 150 valence electrons. The Balaban J connectivity index is 2.40. The minimum absolute atomic E-state index is 0.0302. The summed E-state index contributed by atoms with van der Waals surface area (Å²) in [5.74, 6) is -1.23. The topological polar surface area (TPSA) is 55.4 Å². The molecule has 0 heterocycles. The van der Waals surface area contributed by atoms with Gasteiger partial charge in [-0.25, -0.2) is 9.18 Å². The smallest absolute Gasteiger partial charge is 0.408 e. The van der Waals surface area contributed by atoms with Gasteiger partial charge in [-0.15, -0.1) is 0 Å². The van der Waals surface area contributed by atoms with Crippen molar-refractivity contribution >= 4 is 23.5 Å². The number of nitrogens with one attached hydrogen (secondary N) is 1. The van der Waals surface area contributed by atoms with E-state index in [4.69, 9.17) is 16.3 Å². The number of ether oxygens (including phenoxy) is 1. The van der Waals surface area contributed by atoms with Crippen molar-refractivity contribution in [3.63, 3.8) is 0 Å². The zero-order chi connectivity index (χ0) is 20.9. The molecule has 0 saturated heterocycles. The van der Waals surface area contributed by atoms with Gasteiger partial charge in [-0.1, -0.05) is 61.3 Å². The number of hydrogen-bond acceptors (Lipinski definition) is 3. The van der Waals surface area contributed by atoms with Crippen LogP contribution in [0.2, 0.25) is 5.02 Å². The first-order chi connectivity index (χ1) is 13.1. The number of halogens is 2. The first kappa shape index (κ1) is 21.9. The van der Waals surface area contributed by atoms with Crippen LogP contribution in [0, 0.1) is 5.82 Å². The molecule has 0 aliphatic carbocycles. The van der Waals surface area contributed by atoms with E-state index in [1.807, 2.05) is 6.92 Å². The van der Waals surface area contributed by atoms with Gasteiger partial charge in [0, 0.05) is 11.1 Å². The summed E-state index contributed by atoms with van der Waals surface area (Å²) >= 11 is 6.15. The van der Waals surface area contributed by atoms with Crippen molar-refractivity contribution in [2.75, 3.05) is 0 Å². The summed E-state index contributed by atoms with van der Waals surface area (Å²) in [7, 11) is 0. The van der Waals surface area contributed by atoms with Crippen molar-refractivity contribution in [2.24, 2.45) is 0 Å². The summed E-state index contributed by atoms with van der Waals surface area (Å²) in [4.78, 5) is 25.0. The molecule has 0 aliphatic rings. The number of alkyl carbamates (subject to hydrolysis) is 1. The molecule has 1 amide bonds. The van der Waals surface area contributed by atoms with Gasteiger partial charge < -0.3 is 10.1 Å². The lowest BCUT2D eigenvalue weighted by atomic mass is 9.95. The fourth-order valence-corrected chi connectivity index (χ4v) is 3.06. The van der Waals surface area contributed by atoms with Crippen LogP contribution in [0.5, 0.6) is 0 Å². The van der Waals surface area contributed by atoms with Crippen molar-refractivity contribution in [3.05, 3.63) is 70.0 Å². The van der Waals surface area contributed by atoms with E-state index < -0.39 is 29.3 Å². The van der Waals surface area contributed by atoms with Crippen molar-refractivity contribution in [1.29, 1.82) is 0 Å². The first-order valence-corrected chi connectivity index (χ1v) is 9.59. The van der Waals surface area contributed by atoms with Gasteiger partial charge in [0.15, 0.2) is 5.78 Å². The Hall–Kier alpha value is -2.40. The van der Waals surface area contributed by atoms with E-state index in [0.29, 0.717) is 18.4 Å². The van der Waals surface area contributed by atoms with Gasteiger partial charge in [0.1, 0.15) is 11.4 Å².